The summed E-state index contributed by atoms with van der Waals surface area (Å²) in [5.74, 6) is 0.123. The predicted octanol–water partition coefficient (Wildman–Crippen LogP) is 1.89. The van der Waals surface area contributed by atoms with Crippen molar-refractivity contribution in [1.82, 2.24) is 0 Å². The Balaban J connectivity index is 1.95. The van der Waals surface area contributed by atoms with E-state index in [9.17, 15) is 18.6 Å². The number of hydrogen-bond acceptors (Lipinski definition) is 4. The lowest BCUT2D eigenvalue weighted by molar-refractivity contribution is -0.0620. The van der Waals surface area contributed by atoms with E-state index in [-0.39, 0.29) is 17.1 Å². The van der Waals surface area contributed by atoms with E-state index in [0.29, 0.717) is 12.8 Å². The molecule has 0 aliphatic heterocycles. The summed E-state index contributed by atoms with van der Waals surface area (Å²) in [6, 6.07) is 0. The van der Waals surface area contributed by atoms with Gasteiger partial charge in [-0.2, -0.15) is 0 Å². The molecule has 0 heterocycles. The van der Waals surface area contributed by atoms with Gasteiger partial charge in [-0.05, 0) is 43.9 Å². The normalized spacial score (nSPS) is 32.8. The maximum atomic E-state index is 11.7. The van der Waals surface area contributed by atoms with Crippen molar-refractivity contribution in [2.45, 2.75) is 75.2 Å². The van der Waals surface area contributed by atoms with E-state index in [1.165, 1.54) is 12.7 Å². The van der Waals surface area contributed by atoms with Crippen LogP contribution in [0.4, 0.5) is 0 Å². The highest BCUT2D eigenvalue weighted by atomic mass is 32.2. The number of aliphatic hydroxyl groups excluding tert-OH is 2. The van der Waals surface area contributed by atoms with Crippen LogP contribution in [0.2, 0.25) is 0 Å². The van der Waals surface area contributed by atoms with E-state index in [1.807, 2.05) is 0 Å². The molecule has 5 heteroatoms. The van der Waals surface area contributed by atoms with Crippen molar-refractivity contribution in [3.63, 3.8) is 0 Å². The molecular weight excluding hydrogens is 276 g/mol. The zero-order chi connectivity index (χ0) is 14.8. The minimum absolute atomic E-state index is 0.0691. The Morgan fingerprint density at radius 2 is 1.40 bits per heavy atom. The van der Waals surface area contributed by atoms with Crippen LogP contribution >= 0.6 is 0 Å². The van der Waals surface area contributed by atoms with Crippen molar-refractivity contribution < 1.29 is 18.6 Å². The average Bonchev–Trinajstić information content (AvgIpc) is 2.46. The summed E-state index contributed by atoms with van der Waals surface area (Å²) < 4.78 is 23.4. The molecule has 2 rings (SSSR count). The lowest BCUT2D eigenvalue weighted by Gasteiger charge is -2.37. The zero-order valence-corrected chi connectivity index (χ0v) is 13.2. The van der Waals surface area contributed by atoms with Crippen LogP contribution in [0, 0.1) is 11.8 Å². The third kappa shape index (κ3) is 3.95. The first-order chi connectivity index (χ1) is 9.39. The van der Waals surface area contributed by atoms with Crippen LogP contribution in [0.15, 0.2) is 0 Å². The molecule has 2 N–H and O–H groups in total. The van der Waals surface area contributed by atoms with Crippen LogP contribution < -0.4 is 0 Å². The minimum Gasteiger partial charge on any atom is -0.390 e. The predicted molar refractivity (Wildman–Crippen MR) is 79.2 cm³/mol. The minimum atomic E-state index is -3.04. The average molecular weight is 304 g/mol. The summed E-state index contributed by atoms with van der Waals surface area (Å²) in [6.45, 7) is 0. The van der Waals surface area contributed by atoms with Gasteiger partial charge >= 0.3 is 0 Å². The van der Waals surface area contributed by atoms with Crippen LogP contribution in [0.3, 0.4) is 0 Å². The molecule has 0 radical (unpaired) electrons. The molecule has 2 fully saturated rings. The summed E-state index contributed by atoms with van der Waals surface area (Å²) in [4.78, 5) is 0. The molecule has 0 aromatic heterocycles. The van der Waals surface area contributed by atoms with Gasteiger partial charge in [0.2, 0.25) is 0 Å². The first kappa shape index (κ1) is 16.2. The van der Waals surface area contributed by atoms with E-state index < -0.39 is 22.0 Å². The van der Waals surface area contributed by atoms with Crippen molar-refractivity contribution in [2.75, 3.05) is 6.26 Å². The van der Waals surface area contributed by atoms with E-state index in [1.54, 1.807) is 0 Å². The molecule has 2 saturated carbocycles. The van der Waals surface area contributed by atoms with Crippen molar-refractivity contribution in [2.24, 2.45) is 11.8 Å². The van der Waals surface area contributed by atoms with Gasteiger partial charge in [-0.15, -0.1) is 0 Å². The van der Waals surface area contributed by atoms with Gasteiger partial charge < -0.3 is 10.2 Å². The van der Waals surface area contributed by atoms with Crippen molar-refractivity contribution in [1.29, 1.82) is 0 Å². The standard InChI is InChI=1S/C15H28O4S/c1-20(18,19)13-9-5-8-12(10-13)15(17)14(16)11-6-3-2-4-7-11/h11-17H,2-10H2,1H3. The molecule has 0 aromatic carbocycles. The second-order valence-corrected chi connectivity index (χ2v) is 9.08. The number of sulfone groups is 1. The molecule has 0 aromatic rings. The highest BCUT2D eigenvalue weighted by molar-refractivity contribution is 7.91. The fraction of sp³-hybridized carbons (Fsp3) is 1.00. The van der Waals surface area contributed by atoms with Gasteiger partial charge in [-0.1, -0.05) is 25.7 Å². The van der Waals surface area contributed by atoms with Crippen molar-refractivity contribution >= 4 is 9.84 Å². The summed E-state index contributed by atoms with van der Waals surface area (Å²) in [7, 11) is -3.04. The smallest absolute Gasteiger partial charge is 0.150 e. The largest absolute Gasteiger partial charge is 0.390 e. The summed E-state index contributed by atoms with van der Waals surface area (Å²) in [5.41, 5.74) is 0. The summed E-state index contributed by atoms with van der Waals surface area (Å²) >= 11 is 0. The maximum Gasteiger partial charge on any atom is 0.150 e. The maximum absolute atomic E-state index is 11.7. The Morgan fingerprint density at radius 3 is 2.00 bits per heavy atom. The van der Waals surface area contributed by atoms with Crippen LogP contribution in [0.1, 0.15) is 57.8 Å². The van der Waals surface area contributed by atoms with Crippen LogP contribution in [0.5, 0.6) is 0 Å². The fourth-order valence-corrected chi connectivity index (χ4v) is 5.11. The highest BCUT2D eigenvalue weighted by Crippen LogP contribution is 2.35. The van der Waals surface area contributed by atoms with E-state index in [0.717, 1.165) is 38.5 Å². The quantitative estimate of drug-likeness (QED) is 0.832. The van der Waals surface area contributed by atoms with Gasteiger partial charge in [0, 0.05) is 6.26 Å². The number of aliphatic hydroxyl groups is 2. The van der Waals surface area contributed by atoms with E-state index in [2.05, 4.69) is 0 Å². The van der Waals surface area contributed by atoms with Crippen LogP contribution in [0.25, 0.3) is 0 Å². The zero-order valence-electron chi connectivity index (χ0n) is 12.4. The second kappa shape index (κ2) is 6.75. The Labute approximate surface area is 122 Å². The van der Waals surface area contributed by atoms with Crippen molar-refractivity contribution in [3.8, 4) is 0 Å². The molecule has 2 aliphatic rings. The summed E-state index contributed by atoms with van der Waals surface area (Å²) in [5, 5.41) is 20.5. The van der Waals surface area contributed by atoms with Gasteiger partial charge in [0.25, 0.3) is 0 Å². The third-order valence-electron chi connectivity index (χ3n) is 5.24. The number of rotatable bonds is 4. The first-order valence-corrected chi connectivity index (χ1v) is 9.90. The summed E-state index contributed by atoms with van der Waals surface area (Å²) in [6.07, 6.45) is 8.15. The Hall–Kier alpha value is -0.130. The van der Waals surface area contributed by atoms with E-state index in [4.69, 9.17) is 0 Å². The Morgan fingerprint density at radius 1 is 0.850 bits per heavy atom. The van der Waals surface area contributed by atoms with Gasteiger partial charge in [0.1, 0.15) is 9.84 Å². The lowest BCUT2D eigenvalue weighted by Crippen LogP contribution is -2.43. The first-order valence-electron chi connectivity index (χ1n) is 7.94. The molecule has 4 atom stereocenters. The SMILES string of the molecule is CS(=O)(=O)C1CCCC(C(O)C(O)C2CCCCC2)C1. The third-order valence-corrected chi connectivity index (χ3v) is 6.88. The van der Waals surface area contributed by atoms with Gasteiger partial charge in [-0.3, -0.25) is 0 Å². The molecule has 4 nitrogen and oxygen atoms in total. The molecule has 118 valence electrons. The second-order valence-electron chi connectivity index (χ2n) is 6.76. The molecule has 0 bridgehead atoms. The fourth-order valence-electron chi connectivity index (χ4n) is 3.91. The van der Waals surface area contributed by atoms with Crippen LogP contribution in [-0.4, -0.2) is 42.3 Å². The van der Waals surface area contributed by atoms with Gasteiger partial charge in [0.15, 0.2) is 0 Å². The molecular formula is C15H28O4S. The van der Waals surface area contributed by atoms with Crippen LogP contribution in [-0.2, 0) is 9.84 Å². The molecule has 2 aliphatic carbocycles. The Bertz CT molecular complexity index is 400. The number of hydrogen-bond donors (Lipinski definition) is 2. The Kier molecular flexibility index (Phi) is 5.49. The van der Waals surface area contributed by atoms with Gasteiger partial charge in [0.05, 0.1) is 17.5 Å². The monoisotopic (exact) mass is 304 g/mol. The molecule has 0 saturated heterocycles. The highest BCUT2D eigenvalue weighted by Gasteiger charge is 2.37. The van der Waals surface area contributed by atoms with Crippen molar-refractivity contribution in [3.05, 3.63) is 0 Å². The molecule has 4 unspecified atom stereocenters. The molecule has 20 heavy (non-hydrogen) atoms. The molecule has 0 amide bonds. The lowest BCUT2D eigenvalue weighted by atomic mass is 9.76. The topological polar surface area (TPSA) is 74.6 Å². The van der Waals surface area contributed by atoms with E-state index >= 15 is 0 Å². The molecule has 0 spiro atoms. The van der Waals surface area contributed by atoms with Gasteiger partial charge in [-0.25, -0.2) is 8.42 Å².